The lowest BCUT2D eigenvalue weighted by Crippen LogP contribution is -2.40. The number of amides is 4. The lowest BCUT2D eigenvalue weighted by molar-refractivity contribution is -0.155. The summed E-state index contributed by atoms with van der Waals surface area (Å²) in [5, 5.41) is 5.27. The summed E-state index contributed by atoms with van der Waals surface area (Å²) < 4.78 is 10.2. The number of esters is 1. The summed E-state index contributed by atoms with van der Waals surface area (Å²) in [6, 6.07) is 6.76. The SMILES string of the molecule is COc1ccc(CNC(=O)[C@H](C)OC(=O)CCCN2C(=O)NC(C)(C)C2=O)cc1. The Morgan fingerprint density at radius 3 is 2.41 bits per heavy atom. The molecule has 0 spiro atoms. The van der Waals surface area contributed by atoms with E-state index in [0.717, 1.165) is 16.2 Å². The second-order valence-electron chi connectivity index (χ2n) is 7.31. The molecule has 29 heavy (non-hydrogen) atoms. The van der Waals surface area contributed by atoms with Crippen LogP contribution in [0.3, 0.4) is 0 Å². The molecular formula is C20H27N3O6. The molecule has 0 aliphatic carbocycles. The number of urea groups is 1. The van der Waals surface area contributed by atoms with E-state index in [2.05, 4.69) is 10.6 Å². The molecule has 1 aromatic rings. The molecule has 9 heteroatoms. The van der Waals surface area contributed by atoms with E-state index in [1.165, 1.54) is 6.92 Å². The van der Waals surface area contributed by atoms with Gasteiger partial charge in [0, 0.05) is 19.5 Å². The summed E-state index contributed by atoms with van der Waals surface area (Å²) in [5.74, 6) is -0.588. The van der Waals surface area contributed by atoms with E-state index in [-0.39, 0.29) is 25.3 Å². The van der Waals surface area contributed by atoms with Crippen molar-refractivity contribution in [1.82, 2.24) is 15.5 Å². The highest BCUT2D eigenvalue weighted by molar-refractivity contribution is 6.06. The minimum atomic E-state index is -0.948. The van der Waals surface area contributed by atoms with E-state index in [1.54, 1.807) is 33.1 Å². The topological polar surface area (TPSA) is 114 Å². The Kier molecular flexibility index (Phi) is 7.19. The van der Waals surface area contributed by atoms with Gasteiger partial charge in [-0.1, -0.05) is 12.1 Å². The number of hydrogen-bond acceptors (Lipinski definition) is 6. The zero-order valence-electron chi connectivity index (χ0n) is 17.1. The number of benzene rings is 1. The Morgan fingerprint density at radius 2 is 1.86 bits per heavy atom. The van der Waals surface area contributed by atoms with Crippen molar-refractivity contribution >= 4 is 23.8 Å². The molecule has 1 aromatic carbocycles. The van der Waals surface area contributed by atoms with Gasteiger partial charge in [0.15, 0.2) is 6.10 Å². The number of ether oxygens (including phenoxy) is 2. The van der Waals surface area contributed by atoms with Crippen molar-refractivity contribution in [3.63, 3.8) is 0 Å². The Morgan fingerprint density at radius 1 is 1.21 bits per heavy atom. The number of carbonyl (C=O) groups is 4. The van der Waals surface area contributed by atoms with Crippen LogP contribution in [-0.2, 0) is 25.7 Å². The number of hydrogen-bond donors (Lipinski definition) is 2. The maximum absolute atomic E-state index is 12.1. The first kappa shape index (κ1) is 22.2. The normalized spacial score (nSPS) is 16.2. The van der Waals surface area contributed by atoms with Crippen LogP contribution >= 0.6 is 0 Å². The highest BCUT2D eigenvalue weighted by Crippen LogP contribution is 2.17. The van der Waals surface area contributed by atoms with Crippen LogP contribution in [0.15, 0.2) is 24.3 Å². The quantitative estimate of drug-likeness (QED) is 0.474. The van der Waals surface area contributed by atoms with Gasteiger partial charge in [0.25, 0.3) is 11.8 Å². The number of carbonyl (C=O) groups excluding carboxylic acids is 4. The van der Waals surface area contributed by atoms with Crippen LogP contribution in [0.4, 0.5) is 4.79 Å². The van der Waals surface area contributed by atoms with Gasteiger partial charge in [-0.25, -0.2) is 4.79 Å². The van der Waals surface area contributed by atoms with Gasteiger partial charge in [-0.2, -0.15) is 0 Å². The summed E-state index contributed by atoms with van der Waals surface area (Å²) in [7, 11) is 1.57. The molecule has 1 heterocycles. The largest absolute Gasteiger partial charge is 0.497 e. The fourth-order valence-electron chi connectivity index (χ4n) is 2.79. The molecule has 0 aromatic heterocycles. The van der Waals surface area contributed by atoms with Crippen LogP contribution in [-0.4, -0.2) is 54.0 Å². The summed E-state index contributed by atoms with van der Waals surface area (Å²) in [5.41, 5.74) is -0.0529. The molecule has 0 saturated carbocycles. The van der Waals surface area contributed by atoms with E-state index in [1.807, 2.05) is 12.1 Å². The van der Waals surface area contributed by atoms with Gasteiger partial charge in [0.1, 0.15) is 11.3 Å². The molecule has 0 radical (unpaired) electrons. The standard InChI is InChI=1S/C20H27N3O6/c1-13(17(25)21-12-14-7-9-15(28-4)10-8-14)29-16(24)6-5-11-23-18(26)20(2,3)22-19(23)27/h7-10,13H,5-6,11-12H2,1-4H3,(H,21,25)(H,22,27)/t13-/m0/s1. The maximum Gasteiger partial charge on any atom is 0.325 e. The van der Waals surface area contributed by atoms with Crippen LogP contribution in [0.2, 0.25) is 0 Å². The minimum absolute atomic E-state index is 0.00636. The third kappa shape index (κ3) is 5.94. The third-order valence-corrected chi connectivity index (χ3v) is 4.51. The van der Waals surface area contributed by atoms with Crippen molar-refractivity contribution in [3.05, 3.63) is 29.8 Å². The van der Waals surface area contributed by atoms with E-state index in [4.69, 9.17) is 9.47 Å². The molecule has 0 unspecified atom stereocenters. The Labute approximate surface area is 169 Å². The van der Waals surface area contributed by atoms with Gasteiger partial charge in [-0.3, -0.25) is 19.3 Å². The average Bonchev–Trinajstić information content (AvgIpc) is 2.87. The average molecular weight is 405 g/mol. The van der Waals surface area contributed by atoms with E-state index in [9.17, 15) is 19.2 Å². The van der Waals surface area contributed by atoms with Crippen LogP contribution in [0.5, 0.6) is 5.75 Å². The van der Waals surface area contributed by atoms with Crippen molar-refractivity contribution in [1.29, 1.82) is 0 Å². The fourth-order valence-corrected chi connectivity index (χ4v) is 2.79. The lowest BCUT2D eigenvalue weighted by atomic mass is 10.1. The molecule has 2 N–H and O–H groups in total. The van der Waals surface area contributed by atoms with Crippen molar-refractivity contribution in [3.8, 4) is 5.75 Å². The summed E-state index contributed by atoms with van der Waals surface area (Å²) in [6.45, 7) is 5.14. The zero-order valence-corrected chi connectivity index (χ0v) is 17.1. The molecular weight excluding hydrogens is 378 g/mol. The number of imide groups is 1. The molecule has 1 fully saturated rings. The second-order valence-corrected chi connectivity index (χ2v) is 7.31. The molecule has 1 aliphatic rings. The first-order chi connectivity index (χ1) is 13.6. The van der Waals surface area contributed by atoms with Gasteiger partial charge in [0.2, 0.25) is 0 Å². The van der Waals surface area contributed by atoms with Gasteiger partial charge in [0.05, 0.1) is 7.11 Å². The summed E-state index contributed by atoms with van der Waals surface area (Å²) in [6.07, 6.45) is -0.696. The van der Waals surface area contributed by atoms with E-state index >= 15 is 0 Å². The van der Waals surface area contributed by atoms with Crippen molar-refractivity contribution < 1.29 is 28.7 Å². The first-order valence-corrected chi connectivity index (χ1v) is 9.38. The van der Waals surface area contributed by atoms with Crippen LogP contribution in [0, 0.1) is 0 Å². The zero-order chi connectivity index (χ0) is 21.6. The Hall–Kier alpha value is -3.10. The Balaban J connectivity index is 1.70. The third-order valence-electron chi connectivity index (χ3n) is 4.51. The number of methoxy groups -OCH3 is 1. The maximum atomic E-state index is 12.1. The molecule has 4 amide bonds. The predicted octanol–water partition coefficient (Wildman–Crippen LogP) is 1.35. The van der Waals surface area contributed by atoms with E-state index < -0.39 is 29.6 Å². The molecule has 0 bridgehead atoms. The Bertz CT molecular complexity index is 775. The minimum Gasteiger partial charge on any atom is -0.497 e. The van der Waals surface area contributed by atoms with Gasteiger partial charge < -0.3 is 20.1 Å². The summed E-state index contributed by atoms with van der Waals surface area (Å²) >= 11 is 0. The monoisotopic (exact) mass is 405 g/mol. The molecule has 9 nitrogen and oxygen atoms in total. The molecule has 1 aliphatic heterocycles. The smallest absolute Gasteiger partial charge is 0.325 e. The fraction of sp³-hybridized carbons (Fsp3) is 0.500. The van der Waals surface area contributed by atoms with Crippen molar-refractivity contribution in [2.24, 2.45) is 0 Å². The van der Waals surface area contributed by atoms with Gasteiger partial charge in [-0.15, -0.1) is 0 Å². The second kappa shape index (κ2) is 9.40. The van der Waals surface area contributed by atoms with Crippen molar-refractivity contribution in [2.45, 2.75) is 51.8 Å². The summed E-state index contributed by atoms with van der Waals surface area (Å²) in [4.78, 5) is 49.0. The van der Waals surface area contributed by atoms with Crippen LogP contribution in [0.1, 0.15) is 39.2 Å². The molecule has 1 atom stereocenters. The molecule has 158 valence electrons. The highest BCUT2D eigenvalue weighted by Gasteiger charge is 2.43. The van der Waals surface area contributed by atoms with Crippen LogP contribution < -0.4 is 15.4 Å². The number of nitrogens with one attached hydrogen (secondary N) is 2. The van der Waals surface area contributed by atoms with Gasteiger partial charge >= 0.3 is 12.0 Å². The number of rotatable bonds is 9. The van der Waals surface area contributed by atoms with Crippen molar-refractivity contribution in [2.75, 3.05) is 13.7 Å². The molecule has 2 rings (SSSR count). The van der Waals surface area contributed by atoms with E-state index in [0.29, 0.717) is 6.54 Å². The first-order valence-electron chi connectivity index (χ1n) is 9.38. The van der Waals surface area contributed by atoms with Crippen LogP contribution in [0.25, 0.3) is 0 Å². The predicted molar refractivity (Wildman–Crippen MR) is 104 cm³/mol. The highest BCUT2D eigenvalue weighted by atomic mass is 16.5. The number of nitrogens with zero attached hydrogens (tertiary/aromatic N) is 1. The lowest BCUT2D eigenvalue weighted by Gasteiger charge is -2.16. The van der Waals surface area contributed by atoms with Gasteiger partial charge in [-0.05, 0) is 44.9 Å². The molecule has 1 saturated heterocycles.